The second kappa shape index (κ2) is 2.23. The van der Waals surface area contributed by atoms with Gasteiger partial charge in [-0.05, 0) is 12.1 Å². The average molecular weight is 137 g/mol. The second-order valence-electron chi connectivity index (χ2n) is 1.61. The zero-order valence-electron chi connectivity index (χ0n) is 4.87. The van der Waals surface area contributed by atoms with E-state index >= 15 is 0 Å². The Morgan fingerprint density at radius 3 is 2.60 bits per heavy atom. The van der Waals surface area contributed by atoms with E-state index in [4.69, 9.17) is 5.11 Å². The molecule has 0 radical (unpaired) electrons. The molecule has 0 bridgehead atoms. The topological polar surface area (TPSA) is 63.4 Å². The highest BCUT2D eigenvalue weighted by molar-refractivity contribution is 5.28. The number of nitrogens with zero attached hydrogens (tertiary/aromatic N) is 1. The van der Waals surface area contributed by atoms with Crippen molar-refractivity contribution >= 4 is 5.69 Å². The molecule has 4 heteroatoms. The van der Waals surface area contributed by atoms with Crippen LogP contribution in [0.2, 0.25) is 0 Å². The lowest BCUT2D eigenvalue weighted by Crippen LogP contribution is -1.84. The van der Waals surface area contributed by atoms with Crippen molar-refractivity contribution in [2.24, 2.45) is 0 Å². The van der Waals surface area contributed by atoms with Gasteiger partial charge in [0.05, 0.1) is 4.92 Å². The van der Waals surface area contributed by atoms with Crippen LogP contribution in [0.25, 0.3) is 0 Å². The Balaban J connectivity index is 3.00. The number of hydrogen-bond acceptors (Lipinski definition) is 3. The van der Waals surface area contributed by atoms with E-state index in [0.717, 1.165) is 6.07 Å². The minimum atomic E-state index is -0.601. The van der Waals surface area contributed by atoms with Crippen molar-refractivity contribution in [2.75, 3.05) is 0 Å². The zero-order chi connectivity index (χ0) is 7.56. The van der Waals surface area contributed by atoms with Crippen LogP contribution in [0.15, 0.2) is 12.1 Å². The van der Waals surface area contributed by atoms with Gasteiger partial charge in [-0.15, -0.1) is 0 Å². The van der Waals surface area contributed by atoms with Crippen molar-refractivity contribution in [1.82, 2.24) is 0 Å². The van der Waals surface area contributed by atoms with Gasteiger partial charge in [0.1, 0.15) is 0 Å². The van der Waals surface area contributed by atoms with Crippen LogP contribution >= 0.6 is 0 Å². The fraction of sp³-hybridized carbons (Fsp3) is 0. The molecule has 0 saturated heterocycles. The van der Waals surface area contributed by atoms with Gasteiger partial charge in [0.15, 0.2) is 5.75 Å². The van der Waals surface area contributed by atoms with Crippen molar-refractivity contribution in [3.8, 4) is 5.75 Å². The highest BCUT2D eigenvalue weighted by Gasteiger charge is 2.00. The summed E-state index contributed by atoms with van der Waals surface area (Å²) in [5.41, 5.74) is -0.196. The van der Waals surface area contributed by atoms with Gasteiger partial charge in [-0.1, -0.05) is 0 Å². The third-order valence-electron chi connectivity index (χ3n) is 0.914. The summed E-state index contributed by atoms with van der Waals surface area (Å²) in [6, 6.07) is 6.68. The molecule has 10 heavy (non-hydrogen) atoms. The van der Waals surface area contributed by atoms with Gasteiger partial charge in [-0.25, -0.2) is 0 Å². The third-order valence-corrected chi connectivity index (χ3v) is 0.914. The Hall–Kier alpha value is -1.76. The van der Waals surface area contributed by atoms with E-state index in [1.807, 2.05) is 0 Å². The first-order valence-electron chi connectivity index (χ1n) is 2.47. The van der Waals surface area contributed by atoms with E-state index in [9.17, 15) is 10.1 Å². The average Bonchev–Trinajstić information content (AvgIpc) is 1.88. The van der Waals surface area contributed by atoms with Crippen molar-refractivity contribution in [3.63, 3.8) is 0 Å². The summed E-state index contributed by atoms with van der Waals surface area (Å²) in [6.45, 7) is 0. The lowest BCUT2D eigenvalue weighted by atomic mass is 10.4. The SMILES string of the molecule is O=[N+]([O-])c1c#cc(O)cc1. The third kappa shape index (κ3) is 1.14. The predicted octanol–water partition coefficient (Wildman–Crippen LogP) is 0.901. The number of hydrogen-bond donors (Lipinski definition) is 1. The minimum absolute atomic E-state index is 0.148. The molecule has 0 aliphatic rings. The van der Waals surface area contributed by atoms with Crippen LogP contribution in [0.4, 0.5) is 5.69 Å². The van der Waals surface area contributed by atoms with Gasteiger partial charge >= 0.3 is 5.69 Å². The van der Waals surface area contributed by atoms with E-state index in [1.165, 1.54) is 6.07 Å². The zero-order valence-corrected chi connectivity index (χ0v) is 4.87. The maximum atomic E-state index is 9.98. The smallest absolute Gasteiger partial charge is 0.320 e. The van der Waals surface area contributed by atoms with Crippen molar-refractivity contribution in [3.05, 3.63) is 34.4 Å². The molecule has 0 atom stereocenters. The van der Waals surface area contributed by atoms with Crippen LogP contribution in [-0.2, 0) is 0 Å². The standard InChI is InChI=1S/C6H3NO3/c8-6-3-1-5(2-4-6)7(9)10/h1,3,8H. The summed E-state index contributed by atoms with van der Waals surface area (Å²) < 4.78 is 0. The quantitative estimate of drug-likeness (QED) is 0.462. The minimum Gasteiger partial charge on any atom is -0.501 e. The summed E-state index contributed by atoms with van der Waals surface area (Å²) in [4.78, 5) is 9.38. The van der Waals surface area contributed by atoms with Crippen LogP contribution in [-0.4, -0.2) is 10.0 Å². The number of rotatable bonds is 1. The molecule has 0 saturated carbocycles. The monoisotopic (exact) mass is 137 g/mol. The molecule has 0 aromatic heterocycles. The van der Waals surface area contributed by atoms with Gasteiger partial charge in [0.25, 0.3) is 0 Å². The van der Waals surface area contributed by atoms with Gasteiger partial charge in [0.2, 0.25) is 0 Å². The number of aromatic hydroxyl groups is 1. The van der Waals surface area contributed by atoms with Crippen molar-refractivity contribution in [2.45, 2.75) is 0 Å². The van der Waals surface area contributed by atoms with E-state index < -0.39 is 4.92 Å². The molecule has 1 rings (SSSR count). The van der Waals surface area contributed by atoms with Crippen LogP contribution in [0.3, 0.4) is 0 Å². The van der Waals surface area contributed by atoms with Gasteiger partial charge in [0, 0.05) is 12.1 Å². The molecule has 0 spiro atoms. The van der Waals surface area contributed by atoms with E-state index in [0.29, 0.717) is 0 Å². The summed E-state index contributed by atoms with van der Waals surface area (Å²) in [5.74, 6) is -0.148. The van der Waals surface area contributed by atoms with Crippen LogP contribution in [0.5, 0.6) is 5.75 Å². The molecule has 0 heterocycles. The molecular formula is C6H3NO3. The fourth-order valence-corrected chi connectivity index (χ4v) is 0.476. The van der Waals surface area contributed by atoms with Crippen LogP contribution in [0.1, 0.15) is 0 Å². The molecule has 0 amide bonds. The first-order valence-corrected chi connectivity index (χ1v) is 2.47. The molecule has 0 fully saturated rings. The molecule has 1 N–H and O–H groups in total. The molecule has 50 valence electrons. The summed E-state index contributed by atoms with van der Waals surface area (Å²) >= 11 is 0. The van der Waals surface area contributed by atoms with E-state index in [-0.39, 0.29) is 11.4 Å². The molecule has 0 aliphatic heterocycles. The maximum absolute atomic E-state index is 9.98. The van der Waals surface area contributed by atoms with Crippen LogP contribution in [0, 0.1) is 22.2 Å². The highest BCUT2D eigenvalue weighted by Crippen LogP contribution is 2.09. The molecule has 0 aliphatic carbocycles. The molecular weight excluding hydrogens is 134 g/mol. The largest absolute Gasteiger partial charge is 0.501 e. The van der Waals surface area contributed by atoms with E-state index in [2.05, 4.69) is 12.1 Å². The number of nitro groups is 1. The molecule has 1 aromatic rings. The predicted molar refractivity (Wildman–Crippen MR) is 32.4 cm³/mol. The summed E-state index contributed by atoms with van der Waals surface area (Å²) in [7, 11) is 0. The summed E-state index contributed by atoms with van der Waals surface area (Å²) in [6.07, 6.45) is 0. The second-order valence-corrected chi connectivity index (χ2v) is 1.61. The highest BCUT2D eigenvalue weighted by atomic mass is 16.6. The van der Waals surface area contributed by atoms with Crippen LogP contribution < -0.4 is 0 Å². The molecule has 4 nitrogen and oxygen atoms in total. The Morgan fingerprint density at radius 1 is 1.50 bits per heavy atom. The maximum Gasteiger partial charge on any atom is 0.320 e. The normalized spacial score (nSPS) is 8.40. The Labute approximate surface area is 56.9 Å². The van der Waals surface area contributed by atoms with Gasteiger partial charge in [-0.3, -0.25) is 10.1 Å². The Kier molecular flexibility index (Phi) is 1.42. The fourth-order valence-electron chi connectivity index (χ4n) is 0.476. The Morgan fingerprint density at radius 2 is 2.20 bits per heavy atom. The first-order chi connectivity index (χ1) is 4.70. The molecule has 1 aromatic carbocycles. The van der Waals surface area contributed by atoms with Gasteiger partial charge in [-0.2, -0.15) is 0 Å². The summed E-state index contributed by atoms with van der Waals surface area (Å²) in [5, 5.41) is 18.6. The molecule has 0 unspecified atom stereocenters. The van der Waals surface area contributed by atoms with Crippen molar-refractivity contribution in [1.29, 1.82) is 0 Å². The lowest BCUT2D eigenvalue weighted by molar-refractivity contribution is -0.384. The first kappa shape index (κ1) is 6.36. The lowest BCUT2D eigenvalue weighted by Gasteiger charge is -1.83. The van der Waals surface area contributed by atoms with E-state index in [1.54, 1.807) is 0 Å². The Bertz CT molecular complexity index is 242. The van der Waals surface area contributed by atoms with Crippen molar-refractivity contribution < 1.29 is 10.0 Å². The van der Waals surface area contributed by atoms with Gasteiger partial charge < -0.3 is 5.11 Å².